The first kappa shape index (κ1) is 25.0. The zero-order valence-corrected chi connectivity index (χ0v) is 22.2. The Morgan fingerprint density at radius 2 is 1.65 bits per heavy atom. The van der Waals surface area contributed by atoms with Crippen molar-refractivity contribution in [1.82, 2.24) is 19.4 Å². The molecule has 1 saturated heterocycles. The van der Waals surface area contributed by atoms with Gasteiger partial charge in [-0.25, -0.2) is 9.78 Å². The Kier molecular flexibility index (Phi) is 7.02. The van der Waals surface area contributed by atoms with Gasteiger partial charge < -0.3 is 9.80 Å². The molecule has 2 heterocycles. The minimum absolute atomic E-state index is 0.0430. The summed E-state index contributed by atoms with van der Waals surface area (Å²) in [5.74, 6) is 0.590. The number of fused-ring (bicyclic) bond motifs is 1. The third kappa shape index (κ3) is 5.12. The van der Waals surface area contributed by atoms with Gasteiger partial charge in [-0.05, 0) is 56.5 Å². The molecule has 0 aliphatic carbocycles. The van der Waals surface area contributed by atoms with Crippen LogP contribution in [0.3, 0.4) is 0 Å². The van der Waals surface area contributed by atoms with Crippen molar-refractivity contribution < 1.29 is 4.79 Å². The molecule has 0 N–H and O–H groups in total. The average molecular weight is 515 g/mol. The van der Waals surface area contributed by atoms with Crippen LogP contribution in [-0.2, 0) is 13.1 Å². The smallest absolute Gasteiger partial charge is 0.321 e. The minimum Gasteiger partial charge on any atom is -0.322 e. The molecular formula is C30H31ClN4O2. The lowest BCUT2D eigenvalue weighted by Gasteiger charge is -2.43. The first-order chi connectivity index (χ1) is 17.8. The minimum atomic E-state index is -0.358. The molecule has 1 aliphatic heterocycles. The highest BCUT2D eigenvalue weighted by molar-refractivity contribution is 6.31. The normalized spacial score (nSPS) is 16.1. The average Bonchev–Trinajstić information content (AvgIpc) is 2.88. The van der Waals surface area contributed by atoms with Crippen molar-refractivity contribution in [3.05, 3.63) is 111 Å². The molecule has 0 spiro atoms. The van der Waals surface area contributed by atoms with Crippen molar-refractivity contribution in [2.45, 2.75) is 52.4 Å². The number of aromatic nitrogens is 2. The van der Waals surface area contributed by atoms with E-state index in [4.69, 9.17) is 16.6 Å². The van der Waals surface area contributed by atoms with Crippen molar-refractivity contribution >= 4 is 28.5 Å². The first-order valence-electron chi connectivity index (χ1n) is 12.7. The van der Waals surface area contributed by atoms with Crippen molar-refractivity contribution in [2.24, 2.45) is 0 Å². The third-order valence-corrected chi connectivity index (χ3v) is 7.27. The van der Waals surface area contributed by atoms with Gasteiger partial charge in [0.25, 0.3) is 5.56 Å². The molecule has 6 nitrogen and oxygen atoms in total. The van der Waals surface area contributed by atoms with Gasteiger partial charge in [0.15, 0.2) is 0 Å². The largest absolute Gasteiger partial charge is 0.322 e. The van der Waals surface area contributed by atoms with Crippen LogP contribution < -0.4 is 5.56 Å². The Morgan fingerprint density at radius 3 is 2.35 bits per heavy atom. The lowest BCUT2D eigenvalue weighted by atomic mass is 10.0. The number of amides is 2. The Labute approximate surface area is 222 Å². The zero-order chi connectivity index (χ0) is 26.1. The summed E-state index contributed by atoms with van der Waals surface area (Å²) >= 11 is 6.28. The molecule has 0 saturated carbocycles. The molecule has 4 aromatic rings. The van der Waals surface area contributed by atoms with Gasteiger partial charge in [-0.2, -0.15) is 0 Å². The Morgan fingerprint density at radius 1 is 0.946 bits per heavy atom. The van der Waals surface area contributed by atoms with Crippen LogP contribution in [0.2, 0.25) is 5.02 Å². The SMILES string of the molecule is Cc1ccc(CN2C(=O)N(C(C)C)CCC2c2nc3cc(Cl)ccc3c(=O)n2Cc2ccccc2)cc1. The fraction of sp³-hybridized carbons (Fsp3) is 0.300. The number of urea groups is 1. The molecule has 190 valence electrons. The molecule has 1 unspecified atom stereocenters. The number of nitrogens with zero attached hydrogens (tertiary/aromatic N) is 4. The number of carbonyl (C=O) groups is 1. The Bertz CT molecular complexity index is 1480. The molecular weight excluding hydrogens is 484 g/mol. The van der Waals surface area contributed by atoms with E-state index in [0.717, 1.165) is 11.1 Å². The van der Waals surface area contributed by atoms with Crippen LogP contribution in [0, 0.1) is 6.92 Å². The van der Waals surface area contributed by atoms with Crippen LogP contribution in [0.5, 0.6) is 0 Å². The second-order valence-corrected chi connectivity index (χ2v) is 10.4. The molecule has 37 heavy (non-hydrogen) atoms. The van der Waals surface area contributed by atoms with E-state index < -0.39 is 0 Å². The predicted octanol–water partition coefficient (Wildman–Crippen LogP) is 6.18. The molecule has 2 amide bonds. The summed E-state index contributed by atoms with van der Waals surface area (Å²) in [6.07, 6.45) is 0.670. The van der Waals surface area contributed by atoms with Crippen LogP contribution in [0.15, 0.2) is 77.6 Å². The van der Waals surface area contributed by atoms with Crippen LogP contribution >= 0.6 is 11.6 Å². The summed E-state index contributed by atoms with van der Waals surface area (Å²) in [4.78, 5) is 36.4. The fourth-order valence-corrected chi connectivity index (χ4v) is 5.18. The van der Waals surface area contributed by atoms with E-state index in [9.17, 15) is 9.59 Å². The van der Waals surface area contributed by atoms with E-state index in [0.29, 0.717) is 47.8 Å². The number of halogens is 1. The third-order valence-electron chi connectivity index (χ3n) is 7.04. The van der Waals surface area contributed by atoms with Gasteiger partial charge in [-0.3, -0.25) is 9.36 Å². The zero-order valence-electron chi connectivity index (χ0n) is 21.4. The molecule has 1 aromatic heterocycles. The quantitative estimate of drug-likeness (QED) is 0.308. The predicted molar refractivity (Wildman–Crippen MR) is 148 cm³/mol. The van der Waals surface area contributed by atoms with Crippen LogP contribution in [0.4, 0.5) is 4.79 Å². The summed E-state index contributed by atoms with van der Waals surface area (Å²) < 4.78 is 1.73. The maximum absolute atomic E-state index is 13.8. The summed E-state index contributed by atoms with van der Waals surface area (Å²) in [7, 11) is 0. The molecule has 3 aromatic carbocycles. The second kappa shape index (κ2) is 10.4. The van der Waals surface area contributed by atoms with Gasteiger partial charge in [0.1, 0.15) is 5.82 Å². The van der Waals surface area contributed by atoms with E-state index in [1.165, 1.54) is 5.56 Å². The molecule has 0 radical (unpaired) electrons. The van der Waals surface area contributed by atoms with Gasteiger partial charge in [0.2, 0.25) is 0 Å². The van der Waals surface area contributed by atoms with Gasteiger partial charge in [0, 0.05) is 24.2 Å². The highest BCUT2D eigenvalue weighted by atomic mass is 35.5. The van der Waals surface area contributed by atoms with E-state index in [1.807, 2.05) is 60.9 Å². The number of carbonyl (C=O) groups excluding carboxylic acids is 1. The molecule has 5 rings (SSSR count). The van der Waals surface area contributed by atoms with Gasteiger partial charge in [-0.15, -0.1) is 0 Å². The highest BCUT2D eigenvalue weighted by Gasteiger charge is 2.37. The van der Waals surface area contributed by atoms with E-state index >= 15 is 0 Å². The highest BCUT2D eigenvalue weighted by Crippen LogP contribution is 2.32. The second-order valence-electron chi connectivity index (χ2n) is 10.00. The van der Waals surface area contributed by atoms with Crippen LogP contribution in [0.25, 0.3) is 10.9 Å². The maximum Gasteiger partial charge on any atom is 0.321 e. The topological polar surface area (TPSA) is 58.4 Å². The summed E-state index contributed by atoms with van der Waals surface area (Å²) in [5.41, 5.74) is 3.62. The maximum atomic E-state index is 13.8. The lowest BCUT2D eigenvalue weighted by Crippen LogP contribution is -2.53. The number of hydrogen-bond donors (Lipinski definition) is 0. The van der Waals surface area contributed by atoms with Crippen molar-refractivity contribution in [2.75, 3.05) is 6.54 Å². The standard InChI is InChI=1S/C30H31ClN4O2/c1-20(2)33-16-15-27(34(30(33)37)18-23-11-9-21(3)10-12-23)28-32-26-17-24(31)13-14-25(26)29(36)35(28)19-22-7-5-4-6-8-22/h4-14,17,20,27H,15-16,18-19H2,1-3H3. The fourth-order valence-electron chi connectivity index (χ4n) is 5.01. The van der Waals surface area contributed by atoms with Gasteiger partial charge >= 0.3 is 6.03 Å². The Balaban J connectivity index is 1.66. The van der Waals surface area contributed by atoms with Crippen LogP contribution in [0.1, 0.15) is 48.8 Å². The number of hydrogen-bond acceptors (Lipinski definition) is 3. The molecule has 1 fully saturated rings. The van der Waals surface area contributed by atoms with Crippen LogP contribution in [-0.4, -0.2) is 38.0 Å². The molecule has 7 heteroatoms. The molecule has 0 bridgehead atoms. The summed E-state index contributed by atoms with van der Waals surface area (Å²) in [5, 5.41) is 1.04. The number of rotatable bonds is 6. The Hall–Kier alpha value is -3.64. The molecule has 1 atom stereocenters. The van der Waals surface area contributed by atoms with Crippen molar-refractivity contribution in [3.63, 3.8) is 0 Å². The van der Waals surface area contributed by atoms with E-state index in [-0.39, 0.29) is 23.7 Å². The van der Waals surface area contributed by atoms with Gasteiger partial charge in [-0.1, -0.05) is 71.8 Å². The summed E-state index contributed by atoms with van der Waals surface area (Å²) in [6.45, 7) is 7.51. The lowest BCUT2D eigenvalue weighted by molar-refractivity contribution is 0.0771. The number of aryl methyl sites for hydroxylation is 1. The van der Waals surface area contributed by atoms with E-state index in [1.54, 1.807) is 22.8 Å². The molecule has 1 aliphatic rings. The van der Waals surface area contributed by atoms with E-state index in [2.05, 4.69) is 24.3 Å². The van der Waals surface area contributed by atoms with Crippen molar-refractivity contribution in [3.8, 4) is 0 Å². The summed E-state index contributed by atoms with van der Waals surface area (Å²) in [6, 6.07) is 22.9. The van der Waals surface area contributed by atoms with Crippen molar-refractivity contribution in [1.29, 1.82) is 0 Å². The van der Waals surface area contributed by atoms with Gasteiger partial charge in [0.05, 0.1) is 23.5 Å². The monoisotopic (exact) mass is 514 g/mol. The number of benzene rings is 3. The first-order valence-corrected chi connectivity index (χ1v) is 13.1.